The fourth-order valence-corrected chi connectivity index (χ4v) is 1.64. The zero-order valence-corrected chi connectivity index (χ0v) is 10.1. The second-order valence-corrected chi connectivity index (χ2v) is 4.87. The SMILES string of the molecule is CC(C)C[N+]([O-])(CC(C)C)C(=O)P. The lowest BCUT2D eigenvalue weighted by Crippen LogP contribution is -2.48. The number of nitrogens with zero attached hydrogens (tertiary/aromatic N) is 1. The number of quaternary nitrogens is 1. The van der Waals surface area contributed by atoms with Gasteiger partial charge in [-0.2, -0.15) is 0 Å². The molecule has 0 spiro atoms. The normalized spacial score (nSPS) is 12.6. The van der Waals surface area contributed by atoms with Gasteiger partial charge >= 0.3 is 5.65 Å². The van der Waals surface area contributed by atoms with Gasteiger partial charge in [-0.25, -0.2) is 4.79 Å². The van der Waals surface area contributed by atoms with Crippen molar-refractivity contribution in [2.75, 3.05) is 13.1 Å². The van der Waals surface area contributed by atoms with Crippen molar-refractivity contribution in [2.45, 2.75) is 27.7 Å². The summed E-state index contributed by atoms with van der Waals surface area (Å²) in [6, 6.07) is 0. The van der Waals surface area contributed by atoms with Crippen LogP contribution in [0.1, 0.15) is 27.7 Å². The summed E-state index contributed by atoms with van der Waals surface area (Å²) in [4.78, 5) is 11.2. The number of hydrogen-bond acceptors (Lipinski definition) is 2. The van der Waals surface area contributed by atoms with Crippen LogP contribution in [0.4, 0.5) is 4.79 Å². The van der Waals surface area contributed by atoms with Gasteiger partial charge in [0.05, 0.1) is 13.1 Å². The first kappa shape index (κ1) is 13.0. The average molecular weight is 205 g/mol. The van der Waals surface area contributed by atoms with Crippen LogP contribution < -0.4 is 0 Å². The third-order valence-corrected chi connectivity index (χ3v) is 2.19. The molecule has 0 heterocycles. The van der Waals surface area contributed by atoms with Gasteiger partial charge in [-0.15, -0.1) is 0 Å². The number of hydrogen-bond donors (Lipinski definition) is 0. The second kappa shape index (κ2) is 5.04. The topological polar surface area (TPSA) is 40.1 Å². The van der Waals surface area contributed by atoms with Gasteiger partial charge in [0.2, 0.25) is 0 Å². The van der Waals surface area contributed by atoms with Crippen molar-refractivity contribution in [3.05, 3.63) is 5.21 Å². The average Bonchev–Trinajstić information content (AvgIpc) is 1.82. The van der Waals surface area contributed by atoms with Crippen LogP contribution in [0.15, 0.2) is 0 Å². The first-order valence-corrected chi connectivity index (χ1v) is 5.23. The quantitative estimate of drug-likeness (QED) is 0.402. The Balaban J connectivity index is 4.43. The van der Waals surface area contributed by atoms with E-state index in [4.69, 9.17) is 0 Å². The number of rotatable bonds is 4. The Kier molecular flexibility index (Phi) is 5.05. The summed E-state index contributed by atoms with van der Waals surface area (Å²) < 4.78 is -0.708. The van der Waals surface area contributed by atoms with E-state index in [1.165, 1.54) is 0 Å². The van der Waals surface area contributed by atoms with E-state index < -0.39 is 4.65 Å². The zero-order chi connectivity index (χ0) is 10.6. The predicted molar refractivity (Wildman–Crippen MR) is 58.1 cm³/mol. The van der Waals surface area contributed by atoms with E-state index >= 15 is 0 Å². The van der Waals surface area contributed by atoms with Gasteiger partial charge in [0.15, 0.2) is 0 Å². The molecule has 0 rings (SSSR count). The van der Waals surface area contributed by atoms with Crippen molar-refractivity contribution in [2.24, 2.45) is 11.8 Å². The molecular formula is C9H20NO2P. The lowest BCUT2D eigenvalue weighted by atomic mass is 10.1. The third kappa shape index (κ3) is 4.70. The summed E-state index contributed by atoms with van der Waals surface area (Å²) in [5, 5.41) is 12.0. The van der Waals surface area contributed by atoms with E-state index in [-0.39, 0.29) is 17.5 Å². The zero-order valence-electron chi connectivity index (χ0n) is 8.91. The summed E-state index contributed by atoms with van der Waals surface area (Å²) in [5.74, 6) is 0.501. The molecule has 0 aliphatic rings. The van der Waals surface area contributed by atoms with Gasteiger partial charge in [-0.3, -0.25) is 4.65 Å². The van der Waals surface area contributed by atoms with Gasteiger partial charge in [0.25, 0.3) is 0 Å². The lowest BCUT2D eigenvalue weighted by molar-refractivity contribution is -0.799. The summed E-state index contributed by atoms with van der Waals surface area (Å²) >= 11 is 0. The van der Waals surface area contributed by atoms with Gasteiger partial charge < -0.3 is 5.21 Å². The molecular weight excluding hydrogens is 185 g/mol. The molecule has 1 unspecified atom stereocenters. The molecule has 0 saturated carbocycles. The van der Waals surface area contributed by atoms with Crippen LogP contribution in [0.2, 0.25) is 0 Å². The van der Waals surface area contributed by atoms with Crippen LogP contribution in [-0.2, 0) is 0 Å². The molecule has 0 aliphatic carbocycles. The van der Waals surface area contributed by atoms with Crippen LogP contribution in [0.3, 0.4) is 0 Å². The maximum atomic E-state index is 12.0. The molecule has 0 radical (unpaired) electrons. The van der Waals surface area contributed by atoms with Crippen molar-refractivity contribution in [3.63, 3.8) is 0 Å². The van der Waals surface area contributed by atoms with Crippen molar-refractivity contribution < 1.29 is 9.44 Å². The van der Waals surface area contributed by atoms with E-state index in [1.54, 1.807) is 0 Å². The standard InChI is InChI=1S/C9H20NO2P/c1-7(2)5-10(12,9(11)13)6-8(3)4/h7-8H,5-6,13H2,1-4H3. The van der Waals surface area contributed by atoms with E-state index in [0.29, 0.717) is 13.1 Å². The van der Waals surface area contributed by atoms with E-state index in [1.807, 2.05) is 36.9 Å². The Hall–Kier alpha value is 0.0200. The van der Waals surface area contributed by atoms with Crippen LogP contribution in [0.25, 0.3) is 0 Å². The molecule has 78 valence electrons. The van der Waals surface area contributed by atoms with Crippen molar-refractivity contribution >= 4 is 14.9 Å². The lowest BCUT2D eigenvalue weighted by Gasteiger charge is -2.41. The molecule has 0 aliphatic heterocycles. The molecule has 1 amide bonds. The molecule has 0 bridgehead atoms. The maximum absolute atomic E-state index is 12.0. The summed E-state index contributed by atoms with van der Waals surface area (Å²) in [6.45, 7) is 8.58. The molecule has 0 aromatic rings. The van der Waals surface area contributed by atoms with Crippen molar-refractivity contribution in [3.8, 4) is 0 Å². The minimum absolute atomic E-state index is 0.251. The summed E-state index contributed by atoms with van der Waals surface area (Å²) in [6.07, 6.45) is 0. The molecule has 0 aromatic heterocycles. The van der Waals surface area contributed by atoms with Gasteiger partial charge in [0, 0.05) is 21.1 Å². The maximum Gasteiger partial charge on any atom is 0.326 e. The second-order valence-electron chi connectivity index (χ2n) is 4.38. The molecule has 0 saturated heterocycles. The van der Waals surface area contributed by atoms with Crippen LogP contribution in [0.5, 0.6) is 0 Å². The Morgan fingerprint density at radius 2 is 1.54 bits per heavy atom. The highest BCUT2D eigenvalue weighted by molar-refractivity contribution is 7.39. The minimum Gasteiger partial charge on any atom is -0.625 e. The number of carbonyl (C=O) groups excluding carboxylic acids is 1. The molecule has 0 N–H and O–H groups in total. The van der Waals surface area contributed by atoms with Crippen LogP contribution >= 0.6 is 9.24 Å². The molecule has 13 heavy (non-hydrogen) atoms. The van der Waals surface area contributed by atoms with E-state index in [9.17, 15) is 10.0 Å². The fourth-order valence-electron chi connectivity index (χ4n) is 1.43. The number of carbonyl (C=O) groups is 1. The molecule has 1 atom stereocenters. The van der Waals surface area contributed by atoms with Gasteiger partial charge in [0.1, 0.15) is 0 Å². The predicted octanol–water partition coefficient (Wildman–Crippen LogP) is 2.61. The van der Waals surface area contributed by atoms with Gasteiger partial charge in [-0.1, -0.05) is 27.7 Å². The molecule has 4 heteroatoms. The highest BCUT2D eigenvalue weighted by Gasteiger charge is 2.25. The Bertz CT molecular complexity index is 170. The fraction of sp³-hybridized carbons (Fsp3) is 0.889. The Morgan fingerprint density at radius 3 is 1.69 bits per heavy atom. The Labute approximate surface area is 82.9 Å². The summed E-state index contributed by atoms with van der Waals surface area (Å²) in [7, 11) is 2.00. The molecule has 3 nitrogen and oxygen atoms in total. The smallest absolute Gasteiger partial charge is 0.326 e. The Morgan fingerprint density at radius 1 is 1.23 bits per heavy atom. The van der Waals surface area contributed by atoms with Crippen LogP contribution in [0, 0.1) is 17.0 Å². The largest absolute Gasteiger partial charge is 0.625 e. The first-order valence-electron chi connectivity index (χ1n) is 4.66. The van der Waals surface area contributed by atoms with E-state index in [0.717, 1.165) is 0 Å². The highest BCUT2D eigenvalue weighted by atomic mass is 31.0. The monoisotopic (exact) mass is 205 g/mol. The van der Waals surface area contributed by atoms with Crippen molar-refractivity contribution in [1.29, 1.82) is 0 Å². The minimum atomic E-state index is -0.708. The number of hydroxylamine groups is 3. The van der Waals surface area contributed by atoms with Crippen LogP contribution in [-0.4, -0.2) is 23.4 Å². The molecule has 0 aromatic carbocycles. The molecule has 0 fully saturated rings. The number of amides is 1. The third-order valence-electron chi connectivity index (χ3n) is 1.72. The van der Waals surface area contributed by atoms with E-state index in [2.05, 4.69) is 0 Å². The summed E-state index contributed by atoms with van der Waals surface area (Å²) in [5.41, 5.74) is -0.359. The first-order chi connectivity index (χ1) is 5.78. The van der Waals surface area contributed by atoms with Gasteiger partial charge in [-0.05, 0) is 0 Å². The van der Waals surface area contributed by atoms with Crippen molar-refractivity contribution in [1.82, 2.24) is 0 Å². The highest BCUT2D eigenvalue weighted by Crippen LogP contribution is 2.17.